The summed E-state index contributed by atoms with van der Waals surface area (Å²) in [6.07, 6.45) is 1.47. The molecule has 0 N–H and O–H groups in total. The monoisotopic (exact) mass is 428 g/mol. The van der Waals surface area contributed by atoms with Crippen molar-refractivity contribution in [1.29, 1.82) is 0 Å². The molecule has 30 heavy (non-hydrogen) atoms. The summed E-state index contributed by atoms with van der Waals surface area (Å²) in [5.41, 5.74) is 1.39. The molecule has 0 unspecified atom stereocenters. The minimum Gasteiger partial charge on any atom is -0.493 e. The van der Waals surface area contributed by atoms with E-state index in [2.05, 4.69) is 9.88 Å². The zero-order valence-electron chi connectivity index (χ0n) is 17.3. The van der Waals surface area contributed by atoms with Gasteiger partial charge in [-0.15, -0.1) is 11.3 Å². The van der Waals surface area contributed by atoms with E-state index < -0.39 is 0 Å². The van der Waals surface area contributed by atoms with E-state index in [1.54, 1.807) is 19.1 Å². The molecule has 0 bridgehead atoms. The van der Waals surface area contributed by atoms with E-state index in [0.29, 0.717) is 34.8 Å². The minimum atomic E-state index is -0.214. The van der Waals surface area contributed by atoms with Crippen LogP contribution in [-0.4, -0.2) is 72.7 Å². The maximum absolute atomic E-state index is 13.2. The molecule has 2 aromatic heterocycles. The Labute approximate surface area is 178 Å². The highest BCUT2D eigenvalue weighted by atomic mass is 32.1. The topological polar surface area (TPSA) is 76.9 Å². The van der Waals surface area contributed by atoms with E-state index in [-0.39, 0.29) is 18.0 Å². The lowest BCUT2D eigenvalue weighted by atomic mass is 10.1. The molecular formula is C21H24N4O4S. The molecule has 0 spiro atoms. The van der Waals surface area contributed by atoms with Crippen LogP contribution in [0.2, 0.25) is 0 Å². The van der Waals surface area contributed by atoms with Gasteiger partial charge in [-0.2, -0.15) is 0 Å². The summed E-state index contributed by atoms with van der Waals surface area (Å²) in [6.45, 7) is 3.02. The normalized spacial score (nSPS) is 14.8. The maximum Gasteiger partial charge on any atom is 0.263 e. The molecule has 158 valence electrons. The average molecular weight is 429 g/mol. The van der Waals surface area contributed by atoms with Crippen LogP contribution in [0.4, 0.5) is 0 Å². The van der Waals surface area contributed by atoms with Gasteiger partial charge in [0.25, 0.3) is 5.56 Å². The Morgan fingerprint density at radius 1 is 1.13 bits per heavy atom. The van der Waals surface area contributed by atoms with Crippen LogP contribution >= 0.6 is 11.3 Å². The molecule has 1 fully saturated rings. The lowest BCUT2D eigenvalue weighted by Gasteiger charge is -2.32. The summed E-state index contributed by atoms with van der Waals surface area (Å²) in [4.78, 5) is 35.0. The number of amides is 1. The van der Waals surface area contributed by atoms with Gasteiger partial charge in [0.2, 0.25) is 5.91 Å². The standard InChI is InChI=1S/C21H24N4O4S/c1-23-6-8-24(9-7-23)18(26)11-25-13-22-20-19(21(25)27)15(12-30-20)14-4-5-16(28-2)17(10-14)29-3/h4-5,10,12-13H,6-9,11H2,1-3H3. The van der Waals surface area contributed by atoms with E-state index in [1.165, 1.54) is 22.2 Å². The molecule has 0 saturated carbocycles. The number of aromatic nitrogens is 2. The highest BCUT2D eigenvalue weighted by Gasteiger charge is 2.21. The lowest BCUT2D eigenvalue weighted by Crippen LogP contribution is -2.48. The predicted octanol–water partition coefficient (Wildman–Crippen LogP) is 1.92. The Kier molecular flexibility index (Phi) is 5.74. The van der Waals surface area contributed by atoms with Crippen molar-refractivity contribution in [3.63, 3.8) is 0 Å². The quantitative estimate of drug-likeness (QED) is 0.618. The largest absolute Gasteiger partial charge is 0.493 e. The van der Waals surface area contributed by atoms with Gasteiger partial charge in [-0.3, -0.25) is 14.2 Å². The summed E-state index contributed by atoms with van der Waals surface area (Å²) >= 11 is 1.40. The molecule has 0 aliphatic carbocycles. The van der Waals surface area contributed by atoms with Crippen molar-refractivity contribution in [2.45, 2.75) is 6.54 Å². The number of fused-ring (bicyclic) bond motifs is 1. The summed E-state index contributed by atoms with van der Waals surface area (Å²) in [6, 6.07) is 5.53. The third kappa shape index (κ3) is 3.78. The Balaban J connectivity index is 1.68. The first-order chi connectivity index (χ1) is 14.5. The zero-order valence-corrected chi connectivity index (χ0v) is 18.1. The molecule has 0 atom stereocenters. The number of nitrogens with zero attached hydrogens (tertiary/aromatic N) is 4. The number of carbonyl (C=O) groups is 1. The highest BCUT2D eigenvalue weighted by molar-refractivity contribution is 7.17. The summed E-state index contributed by atoms with van der Waals surface area (Å²) in [7, 11) is 5.19. The second kappa shape index (κ2) is 8.45. The first kappa shape index (κ1) is 20.4. The van der Waals surface area contributed by atoms with Gasteiger partial charge in [0.05, 0.1) is 25.9 Å². The van der Waals surface area contributed by atoms with Gasteiger partial charge in [0.1, 0.15) is 11.4 Å². The number of rotatable bonds is 5. The second-order valence-corrected chi connectivity index (χ2v) is 8.12. The van der Waals surface area contributed by atoms with E-state index in [1.807, 2.05) is 30.6 Å². The number of likely N-dealkylation sites (N-methyl/N-ethyl adjacent to an activating group) is 1. The number of carbonyl (C=O) groups excluding carboxylic acids is 1. The van der Waals surface area contributed by atoms with Crippen LogP contribution < -0.4 is 15.0 Å². The molecule has 1 amide bonds. The molecule has 1 saturated heterocycles. The molecule has 4 rings (SSSR count). The van der Waals surface area contributed by atoms with Crippen LogP contribution in [0.3, 0.4) is 0 Å². The minimum absolute atomic E-state index is 0.00723. The van der Waals surface area contributed by atoms with Crippen LogP contribution in [0, 0.1) is 0 Å². The van der Waals surface area contributed by atoms with Gasteiger partial charge in [-0.1, -0.05) is 6.07 Å². The first-order valence-corrected chi connectivity index (χ1v) is 10.5. The van der Waals surface area contributed by atoms with E-state index in [4.69, 9.17) is 9.47 Å². The number of ether oxygens (including phenoxy) is 2. The Morgan fingerprint density at radius 3 is 2.57 bits per heavy atom. The van der Waals surface area contributed by atoms with Gasteiger partial charge < -0.3 is 19.3 Å². The summed E-state index contributed by atoms with van der Waals surface area (Å²) in [5, 5.41) is 2.42. The second-order valence-electron chi connectivity index (χ2n) is 7.26. The zero-order chi connectivity index (χ0) is 21.3. The van der Waals surface area contributed by atoms with Crippen molar-refractivity contribution in [1.82, 2.24) is 19.4 Å². The van der Waals surface area contributed by atoms with E-state index >= 15 is 0 Å². The fraction of sp³-hybridized carbons (Fsp3) is 0.381. The van der Waals surface area contributed by atoms with E-state index in [9.17, 15) is 9.59 Å². The van der Waals surface area contributed by atoms with Crippen molar-refractivity contribution in [2.24, 2.45) is 0 Å². The number of thiophene rings is 1. The van der Waals surface area contributed by atoms with Crippen molar-refractivity contribution in [3.05, 3.63) is 40.3 Å². The van der Waals surface area contributed by atoms with Gasteiger partial charge in [0, 0.05) is 37.1 Å². The average Bonchev–Trinajstić information content (AvgIpc) is 3.20. The van der Waals surface area contributed by atoms with Crippen LogP contribution in [0.1, 0.15) is 0 Å². The van der Waals surface area contributed by atoms with Crippen molar-refractivity contribution < 1.29 is 14.3 Å². The summed E-state index contributed by atoms with van der Waals surface area (Å²) in [5.74, 6) is 1.15. The van der Waals surface area contributed by atoms with Gasteiger partial charge >= 0.3 is 0 Å². The van der Waals surface area contributed by atoms with Crippen molar-refractivity contribution >= 4 is 27.5 Å². The third-order valence-corrected chi connectivity index (χ3v) is 6.30. The Morgan fingerprint density at radius 2 is 1.87 bits per heavy atom. The number of hydrogen-bond acceptors (Lipinski definition) is 7. The maximum atomic E-state index is 13.2. The smallest absolute Gasteiger partial charge is 0.263 e. The fourth-order valence-corrected chi connectivity index (χ4v) is 4.50. The molecule has 3 heterocycles. The van der Waals surface area contributed by atoms with Crippen molar-refractivity contribution in [2.75, 3.05) is 47.4 Å². The van der Waals surface area contributed by atoms with Crippen LogP contribution in [0.5, 0.6) is 11.5 Å². The third-order valence-electron chi connectivity index (χ3n) is 5.42. The van der Waals surface area contributed by atoms with E-state index in [0.717, 1.165) is 24.2 Å². The molecule has 0 radical (unpaired) electrons. The predicted molar refractivity (Wildman–Crippen MR) is 116 cm³/mol. The highest BCUT2D eigenvalue weighted by Crippen LogP contribution is 2.36. The van der Waals surface area contributed by atoms with Crippen LogP contribution in [-0.2, 0) is 11.3 Å². The number of piperazine rings is 1. The molecule has 1 aromatic carbocycles. The van der Waals surface area contributed by atoms with Crippen molar-refractivity contribution in [3.8, 4) is 22.6 Å². The molecule has 8 nitrogen and oxygen atoms in total. The SMILES string of the molecule is COc1ccc(-c2csc3ncn(CC(=O)N4CCN(C)CC4)c(=O)c23)cc1OC. The lowest BCUT2D eigenvalue weighted by molar-refractivity contribution is -0.133. The molecule has 1 aliphatic heterocycles. The van der Waals surface area contributed by atoms with Gasteiger partial charge in [-0.25, -0.2) is 4.98 Å². The molecular weight excluding hydrogens is 404 g/mol. The molecule has 9 heteroatoms. The van der Waals surface area contributed by atoms with Gasteiger partial charge in [0.15, 0.2) is 11.5 Å². The molecule has 1 aliphatic rings. The number of hydrogen-bond donors (Lipinski definition) is 0. The number of benzene rings is 1. The fourth-order valence-electron chi connectivity index (χ4n) is 3.60. The Bertz CT molecular complexity index is 1130. The van der Waals surface area contributed by atoms with Gasteiger partial charge in [-0.05, 0) is 24.7 Å². The molecule has 3 aromatic rings. The van der Waals surface area contributed by atoms with Crippen LogP contribution in [0.15, 0.2) is 34.7 Å². The summed E-state index contributed by atoms with van der Waals surface area (Å²) < 4.78 is 12.1. The number of methoxy groups -OCH3 is 2. The Hall–Kier alpha value is -2.91. The first-order valence-electron chi connectivity index (χ1n) is 9.67. The van der Waals surface area contributed by atoms with Crippen LogP contribution in [0.25, 0.3) is 21.3 Å².